The normalized spacial score (nSPS) is 14.9. The van der Waals surface area contributed by atoms with Gasteiger partial charge in [-0.1, -0.05) is 25.2 Å². The third-order valence-electron chi connectivity index (χ3n) is 3.69. The average molecular weight is 385 g/mol. The topological polar surface area (TPSA) is 152 Å². The van der Waals surface area contributed by atoms with E-state index in [0.717, 1.165) is 31.5 Å². The van der Waals surface area contributed by atoms with Crippen molar-refractivity contribution < 1.29 is 39.6 Å². The van der Waals surface area contributed by atoms with Crippen molar-refractivity contribution in [1.82, 2.24) is 4.90 Å². The maximum Gasteiger partial charge on any atom is 0.336 e. The molecule has 0 aromatic heterocycles. The minimum Gasteiger partial charge on any atom is -0.481 e. The fraction of sp³-hybridized carbons (Fsp3) is 0.556. The number of hydrogen-bond acceptors (Lipinski definition) is 6. The first-order valence-electron chi connectivity index (χ1n) is 8.47. The van der Waals surface area contributed by atoms with Gasteiger partial charge in [0.25, 0.3) is 0 Å². The predicted octanol–water partition coefficient (Wildman–Crippen LogP) is 0.925. The van der Waals surface area contributed by atoms with Gasteiger partial charge in [0.05, 0.1) is 12.8 Å². The second-order valence-electron chi connectivity index (χ2n) is 6.24. The van der Waals surface area contributed by atoms with E-state index >= 15 is 0 Å². The molecule has 0 aliphatic carbocycles. The highest BCUT2D eigenvalue weighted by Gasteiger charge is 2.40. The van der Waals surface area contributed by atoms with Crippen molar-refractivity contribution in [2.75, 3.05) is 20.1 Å². The number of likely N-dealkylation sites (N-methyl/N-ethyl adjacent to an activating group) is 1. The summed E-state index contributed by atoms with van der Waals surface area (Å²) in [5.74, 6) is -4.74. The minimum absolute atomic E-state index is 0.279. The summed E-state index contributed by atoms with van der Waals surface area (Å²) in [4.78, 5) is 44.3. The summed E-state index contributed by atoms with van der Waals surface area (Å²) >= 11 is 0. The van der Waals surface area contributed by atoms with Crippen LogP contribution in [-0.2, 0) is 19.2 Å². The molecule has 0 aromatic carbocycles. The number of carbonyl (C=O) groups is 4. The quantitative estimate of drug-likeness (QED) is 0.424. The van der Waals surface area contributed by atoms with Gasteiger partial charge in [-0.15, -0.1) is 0 Å². The van der Waals surface area contributed by atoms with Crippen molar-refractivity contribution in [2.45, 2.75) is 44.6 Å². The van der Waals surface area contributed by atoms with Gasteiger partial charge in [0.1, 0.15) is 0 Å². The number of rotatable bonds is 9. The van der Waals surface area contributed by atoms with E-state index < -0.39 is 36.4 Å². The largest absolute Gasteiger partial charge is 0.481 e. The van der Waals surface area contributed by atoms with E-state index in [1.165, 1.54) is 0 Å². The lowest BCUT2D eigenvalue weighted by Gasteiger charge is -2.21. The van der Waals surface area contributed by atoms with Crippen LogP contribution in [-0.4, -0.2) is 74.8 Å². The standard InChI is InChI=1S/C12H19NO.C6H8O7/c1-3-4-5-8-12(14)11-7-6-9-13(2)10-11;7-3(8)1-6(13,5(11)12)2-4(9)10/h4-5,7H,3,6,8-10H2,1-2H3;13H,1-2H2,(H,7,8)(H,9,10)(H,11,12)/b5-4+;. The monoisotopic (exact) mass is 385 g/mol. The molecule has 1 rings (SSSR count). The molecule has 0 unspecified atom stereocenters. The second-order valence-corrected chi connectivity index (χ2v) is 6.24. The predicted molar refractivity (Wildman–Crippen MR) is 96.3 cm³/mol. The summed E-state index contributed by atoms with van der Waals surface area (Å²) in [5.41, 5.74) is -1.75. The van der Waals surface area contributed by atoms with Crippen LogP contribution in [0.1, 0.15) is 39.0 Å². The number of carboxylic acids is 3. The number of carbonyl (C=O) groups excluding carboxylic acids is 1. The molecule has 9 nitrogen and oxygen atoms in total. The minimum atomic E-state index is -2.74. The number of Topliss-reactive ketones (excluding diaryl/α,β-unsaturated/α-hetero) is 1. The van der Waals surface area contributed by atoms with E-state index in [9.17, 15) is 19.2 Å². The van der Waals surface area contributed by atoms with Gasteiger partial charge in [-0.2, -0.15) is 0 Å². The molecule has 152 valence electrons. The summed E-state index contributed by atoms with van der Waals surface area (Å²) < 4.78 is 0. The highest BCUT2D eigenvalue weighted by molar-refractivity contribution is 5.96. The van der Waals surface area contributed by atoms with E-state index in [1.807, 2.05) is 12.2 Å². The number of ketones is 1. The molecule has 1 aliphatic heterocycles. The first-order chi connectivity index (χ1) is 12.5. The summed E-state index contributed by atoms with van der Waals surface area (Å²) in [5, 5.41) is 33.8. The lowest BCUT2D eigenvalue weighted by atomic mass is 9.96. The molecular weight excluding hydrogens is 358 g/mol. The zero-order chi connectivity index (χ0) is 21.0. The SMILES string of the molecule is CC/C=C/CC(=O)C1=CCCN(C)C1.O=C(O)CC(O)(CC(=O)O)C(=O)O. The van der Waals surface area contributed by atoms with Crippen LogP contribution in [0.25, 0.3) is 0 Å². The van der Waals surface area contributed by atoms with E-state index in [1.54, 1.807) is 0 Å². The Bertz CT molecular complexity index is 592. The van der Waals surface area contributed by atoms with Gasteiger partial charge in [-0.3, -0.25) is 14.4 Å². The van der Waals surface area contributed by atoms with Crippen LogP contribution in [0.2, 0.25) is 0 Å². The smallest absolute Gasteiger partial charge is 0.336 e. The molecule has 0 amide bonds. The zero-order valence-corrected chi connectivity index (χ0v) is 15.6. The van der Waals surface area contributed by atoms with Crippen molar-refractivity contribution in [3.63, 3.8) is 0 Å². The number of nitrogens with zero attached hydrogens (tertiary/aromatic N) is 1. The lowest BCUT2D eigenvalue weighted by molar-refractivity contribution is -0.170. The maximum atomic E-state index is 11.7. The Morgan fingerprint density at radius 2 is 1.67 bits per heavy atom. The molecule has 0 atom stereocenters. The van der Waals surface area contributed by atoms with Crippen LogP contribution in [0.15, 0.2) is 23.8 Å². The van der Waals surface area contributed by atoms with Gasteiger partial charge in [-0.25, -0.2) is 4.79 Å². The van der Waals surface area contributed by atoms with Gasteiger partial charge in [0.2, 0.25) is 0 Å². The Hall–Kier alpha value is -2.52. The fourth-order valence-corrected chi connectivity index (χ4v) is 2.30. The molecule has 0 fully saturated rings. The number of allylic oxidation sites excluding steroid dienone is 2. The molecular formula is C18H27NO8. The molecule has 0 saturated carbocycles. The molecule has 0 radical (unpaired) electrons. The van der Waals surface area contributed by atoms with Crippen LogP contribution in [0, 0.1) is 0 Å². The summed E-state index contributed by atoms with van der Waals surface area (Å²) in [6, 6.07) is 0. The summed E-state index contributed by atoms with van der Waals surface area (Å²) in [7, 11) is 2.06. The molecule has 27 heavy (non-hydrogen) atoms. The third-order valence-corrected chi connectivity index (χ3v) is 3.69. The number of carboxylic acid groups (broad SMARTS) is 3. The molecule has 4 N–H and O–H groups in total. The van der Waals surface area contributed by atoms with Crippen molar-refractivity contribution in [3.05, 3.63) is 23.8 Å². The van der Waals surface area contributed by atoms with Crippen molar-refractivity contribution in [1.29, 1.82) is 0 Å². The van der Waals surface area contributed by atoms with Gasteiger partial charge in [0, 0.05) is 25.1 Å². The summed E-state index contributed by atoms with van der Waals surface area (Å²) in [6.07, 6.45) is 6.39. The molecule has 1 aliphatic rings. The summed E-state index contributed by atoms with van der Waals surface area (Å²) in [6.45, 7) is 3.97. The molecule has 0 spiro atoms. The Kier molecular flexibility index (Phi) is 10.9. The number of aliphatic carboxylic acids is 3. The molecule has 0 saturated heterocycles. The van der Waals surface area contributed by atoms with Crippen LogP contribution < -0.4 is 0 Å². The third kappa shape index (κ3) is 10.3. The second kappa shape index (κ2) is 12.0. The first-order valence-corrected chi connectivity index (χ1v) is 8.47. The number of aliphatic hydroxyl groups is 1. The van der Waals surface area contributed by atoms with Crippen LogP contribution in [0.4, 0.5) is 0 Å². The molecule has 1 heterocycles. The van der Waals surface area contributed by atoms with Gasteiger partial charge >= 0.3 is 17.9 Å². The van der Waals surface area contributed by atoms with Crippen LogP contribution in [0.3, 0.4) is 0 Å². The average Bonchev–Trinajstić information content (AvgIpc) is 2.54. The van der Waals surface area contributed by atoms with Gasteiger partial charge in [0.15, 0.2) is 11.4 Å². The Morgan fingerprint density at radius 3 is 2.07 bits per heavy atom. The van der Waals surface area contributed by atoms with Crippen LogP contribution >= 0.6 is 0 Å². The molecule has 0 bridgehead atoms. The Morgan fingerprint density at radius 1 is 1.11 bits per heavy atom. The lowest BCUT2D eigenvalue weighted by Crippen LogP contribution is -2.42. The van der Waals surface area contributed by atoms with E-state index in [-0.39, 0.29) is 5.78 Å². The van der Waals surface area contributed by atoms with Crippen molar-refractivity contribution in [3.8, 4) is 0 Å². The Labute approximate surface area is 157 Å². The molecule has 9 heteroatoms. The van der Waals surface area contributed by atoms with Crippen LogP contribution in [0.5, 0.6) is 0 Å². The maximum absolute atomic E-state index is 11.7. The zero-order valence-electron chi connectivity index (χ0n) is 15.6. The van der Waals surface area contributed by atoms with Gasteiger partial charge < -0.3 is 25.3 Å². The van der Waals surface area contributed by atoms with Gasteiger partial charge in [-0.05, 0) is 19.9 Å². The highest BCUT2D eigenvalue weighted by atomic mass is 16.4. The van der Waals surface area contributed by atoms with Crippen molar-refractivity contribution in [2.24, 2.45) is 0 Å². The van der Waals surface area contributed by atoms with E-state index in [0.29, 0.717) is 6.42 Å². The highest BCUT2D eigenvalue weighted by Crippen LogP contribution is 2.15. The van der Waals surface area contributed by atoms with E-state index in [2.05, 4.69) is 24.9 Å². The Balaban J connectivity index is 0.000000503. The first kappa shape index (κ1) is 24.5. The fourth-order valence-electron chi connectivity index (χ4n) is 2.30. The number of hydrogen-bond donors (Lipinski definition) is 4. The van der Waals surface area contributed by atoms with Crippen molar-refractivity contribution >= 4 is 23.7 Å². The van der Waals surface area contributed by atoms with E-state index in [4.69, 9.17) is 20.4 Å². The molecule has 0 aromatic rings.